The zero-order valence-electron chi connectivity index (χ0n) is 21.7. The van der Waals surface area contributed by atoms with E-state index in [1.807, 2.05) is 37.3 Å². The molecule has 3 aromatic heterocycles. The number of methoxy groups -OCH3 is 2. The van der Waals surface area contributed by atoms with Gasteiger partial charge >= 0.3 is 0 Å². The monoisotopic (exact) mass is 500 g/mol. The van der Waals surface area contributed by atoms with Crippen LogP contribution >= 0.6 is 0 Å². The molecule has 0 bridgehead atoms. The first-order valence-electron chi connectivity index (χ1n) is 12.6. The minimum absolute atomic E-state index is 0.138. The summed E-state index contributed by atoms with van der Waals surface area (Å²) in [5, 5.41) is 4.06. The number of hydrogen-bond acceptors (Lipinski definition) is 8. The first kappa shape index (κ1) is 24.5. The lowest BCUT2D eigenvalue weighted by Crippen LogP contribution is -2.33. The van der Waals surface area contributed by atoms with Gasteiger partial charge in [0.1, 0.15) is 23.0 Å². The molecule has 0 radical (unpaired) electrons. The fraction of sp³-hybridized carbons (Fsp3) is 0.357. The fourth-order valence-electron chi connectivity index (χ4n) is 4.72. The predicted molar refractivity (Wildman–Crippen MR) is 146 cm³/mol. The van der Waals surface area contributed by atoms with Crippen LogP contribution in [-0.4, -0.2) is 46.8 Å². The van der Waals surface area contributed by atoms with Crippen molar-refractivity contribution in [1.82, 2.24) is 19.5 Å². The normalized spacial score (nSPS) is 14.1. The molecule has 0 amide bonds. The highest BCUT2D eigenvalue weighted by molar-refractivity contribution is 5.82. The van der Waals surface area contributed by atoms with Crippen LogP contribution < -0.4 is 25.2 Å². The third-order valence-corrected chi connectivity index (χ3v) is 6.91. The Morgan fingerprint density at radius 3 is 2.43 bits per heavy atom. The second-order valence-corrected chi connectivity index (χ2v) is 9.38. The third kappa shape index (κ3) is 5.07. The first-order valence-corrected chi connectivity index (χ1v) is 12.6. The van der Waals surface area contributed by atoms with Crippen molar-refractivity contribution < 1.29 is 9.47 Å². The van der Waals surface area contributed by atoms with E-state index >= 15 is 0 Å². The maximum absolute atomic E-state index is 13.5. The van der Waals surface area contributed by atoms with Gasteiger partial charge in [0.05, 0.1) is 14.2 Å². The molecule has 1 aromatic carbocycles. The number of aryl methyl sites for hydroxylation is 1. The number of anilines is 3. The molecule has 0 saturated carbocycles. The zero-order valence-corrected chi connectivity index (χ0v) is 21.7. The van der Waals surface area contributed by atoms with Crippen LogP contribution in [0.25, 0.3) is 22.2 Å². The molecule has 37 heavy (non-hydrogen) atoms. The van der Waals surface area contributed by atoms with Crippen molar-refractivity contribution in [2.45, 2.75) is 33.2 Å². The largest absolute Gasteiger partial charge is 0.497 e. The van der Waals surface area contributed by atoms with E-state index in [4.69, 9.17) is 14.5 Å². The van der Waals surface area contributed by atoms with Crippen molar-refractivity contribution in [3.63, 3.8) is 0 Å². The van der Waals surface area contributed by atoms with E-state index in [1.54, 1.807) is 37.2 Å². The number of fused-ring (bicyclic) bond motifs is 1. The number of nitrogens with zero attached hydrogens (tertiary/aromatic N) is 5. The minimum atomic E-state index is -0.138. The van der Waals surface area contributed by atoms with Crippen LogP contribution in [0.1, 0.15) is 26.7 Å². The number of pyridine rings is 2. The molecule has 0 unspecified atom stereocenters. The van der Waals surface area contributed by atoms with Gasteiger partial charge in [0.2, 0.25) is 5.95 Å². The quantitative estimate of drug-likeness (QED) is 0.384. The van der Waals surface area contributed by atoms with Crippen molar-refractivity contribution in [2.24, 2.45) is 5.92 Å². The standard InChI is InChI=1S/C28H32N6O3/c1-5-34-26-20(14-24(27(34)35)19-12-22(36-3)16-23(13-19)37-4)17-30-28(32-26)31-21-6-9-29-25(15-21)33-10-7-18(2)8-11-33/h6,9,12-18H,5,7-8,10-11H2,1-4H3,(H,29,30,31,32). The molecule has 0 atom stereocenters. The lowest BCUT2D eigenvalue weighted by molar-refractivity contribution is 0.394. The Kier molecular flexibility index (Phi) is 6.94. The van der Waals surface area contributed by atoms with Gasteiger partial charge in [-0.1, -0.05) is 6.92 Å². The molecule has 1 N–H and O–H groups in total. The van der Waals surface area contributed by atoms with Crippen molar-refractivity contribution >= 4 is 28.5 Å². The molecule has 0 aliphatic carbocycles. The number of piperidine rings is 1. The summed E-state index contributed by atoms with van der Waals surface area (Å²) < 4.78 is 12.5. The van der Waals surface area contributed by atoms with E-state index in [1.165, 1.54) is 12.8 Å². The fourth-order valence-corrected chi connectivity index (χ4v) is 4.72. The lowest BCUT2D eigenvalue weighted by atomic mass is 9.99. The Bertz CT molecular complexity index is 1450. The smallest absolute Gasteiger partial charge is 0.260 e. The molecule has 1 aliphatic heterocycles. The molecule has 9 nitrogen and oxygen atoms in total. The Morgan fingerprint density at radius 1 is 1.03 bits per heavy atom. The average molecular weight is 501 g/mol. The predicted octanol–water partition coefficient (Wildman–Crippen LogP) is 4.87. The summed E-state index contributed by atoms with van der Waals surface area (Å²) in [6, 6.07) is 11.2. The van der Waals surface area contributed by atoms with Crippen LogP contribution in [0, 0.1) is 5.92 Å². The van der Waals surface area contributed by atoms with E-state index in [0.717, 1.165) is 35.9 Å². The molecule has 4 heterocycles. The SMILES string of the molecule is CCn1c(=O)c(-c2cc(OC)cc(OC)c2)cc2cnc(Nc3ccnc(N4CCC(C)CC4)c3)nc21. The van der Waals surface area contributed by atoms with Crippen LogP contribution in [0.5, 0.6) is 11.5 Å². The van der Waals surface area contributed by atoms with Crippen molar-refractivity contribution in [3.05, 3.63) is 59.1 Å². The second kappa shape index (κ2) is 10.5. The number of hydrogen-bond donors (Lipinski definition) is 1. The van der Waals surface area contributed by atoms with Crippen LogP contribution in [0.15, 0.2) is 53.6 Å². The summed E-state index contributed by atoms with van der Waals surface area (Å²) in [6.07, 6.45) is 5.89. The molecule has 192 valence electrons. The second-order valence-electron chi connectivity index (χ2n) is 9.38. The van der Waals surface area contributed by atoms with Crippen molar-refractivity contribution in [1.29, 1.82) is 0 Å². The topological polar surface area (TPSA) is 94.4 Å². The Labute approximate surface area is 216 Å². The van der Waals surface area contributed by atoms with Gasteiger partial charge in [-0.25, -0.2) is 9.97 Å². The van der Waals surface area contributed by atoms with Crippen LogP contribution in [0.4, 0.5) is 17.5 Å². The van der Waals surface area contributed by atoms with E-state index in [0.29, 0.717) is 40.8 Å². The van der Waals surface area contributed by atoms with Crippen LogP contribution in [0.2, 0.25) is 0 Å². The molecule has 1 fully saturated rings. The lowest BCUT2D eigenvalue weighted by Gasteiger charge is -2.31. The van der Waals surface area contributed by atoms with Crippen LogP contribution in [-0.2, 0) is 6.54 Å². The summed E-state index contributed by atoms with van der Waals surface area (Å²) in [5.41, 5.74) is 2.53. The van der Waals surface area contributed by atoms with E-state index in [9.17, 15) is 4.79 Å². The summed E-state index contributed by atoms with van der Waals surface area (Å²) in [5.74, 6) is 3.36. The molecule has 1 saturated heterocycles. The Balaban J connectivity index is 1.49. The molecule has 9 heteroatoms. The number of rotatable bonds is 7. The summed E-state index contributed by atoms with van der Waals surface area (Å²) in [4.78, 5) is 29.6. The van der Waals surface area contributed by atoms with E-state index < -0.39 is 0 Å². The number of ether oxygens (including phenoxy) is 2. The molecular formula is C28H32N6O3. The summed E-state index contributed by atoms with van der Waals surface area (Å²) in [6.45, 7) is 6.71. The highest BCUT2D eigenvalue weighted by Crippen LogP contribution is 2.30. The van der Waals surface area contributed by atoms with Gasteiger partial charge in [-0.15, -0.1) is 0 Å². The number of aromatic nitrogens is 4. The maximum Gasteiger partial charge on any atom is 0.260 e. The Morgan fingerprint density at radius 2 is 1.76 bits per heavy atom. The maximum atomic E-state index is 13.5. The number of benzene rings is 1. The van der Waals surface area contributed by atoms with Crippen molar-refractivity contribution in [3.8, 4) is 22.6 Å². The van der Waals surface area contributed by atoms with Crippen LogP contribution in [0.3, 0.4) is 0 Å². The van der Waals surface area contributed by atoms with E-state index in [2.05, 4.69) is 27.1 Å². The summed E-state index contributed by atoms with van der Waals surface area (Å²) in [7, 11) is 3.18. The average Bonchev–Trinajstić information content (AvgIpc) is 2.93. The van der Waals surface area contributed by atoms with Gasteiger partial charge in [-0.3, -0.25) is 9.36 Å². The highest BCUT2D eigenvalue weighted by Gasteiger charge is 2.18. The minimum Gasteiger partial charge on any atom is -0.497 e. The molecular weight excluding hydrogens is 468 g/mol. The van der Waals surface area contributed by atoms with Gasteiger partial charge in [0.25, 0.3) is 5.56 Å². The van der Waals surface area contributed by atoms with E-state index in [-0.39, 0.29) is 5.56 Å². The highest BCUT2D eigenvalue weighted by atomic mass is 16.5. The third-order valence-electron chi connectivity index (χ3n) is 6.91. The van der Waals surface area contributed by atoms with Gasteiger partial charge in [-0.05, 0) is 55.5 Å². The van der Waals surface area contributed by atoms with Gasteiger partial charge < -0.3 is 19.7 Å². The first-order chi connectivity index (χ1) is 18.0. The summed E-state index contributed by atoms with van der Waals surface area (Å²) >= 11 is 0. The van der Waals surface area contributed by atoms with Gasteiger partial charge in [0.15, 0.2) is 0 Å². The molecule has 1 aliphatic rings. The molecule has 5 rings (SSSR count). The van der Waals surface area contributed by atoms with Gasteiger partial charge in [0, 0.05) is 60.8 Å². The Hall–Kier alpha value is -4.14. The van der Waals surface area contributed by atoms with Gasteiger partial charge in [-0.2, -0.15) is 4.98 Å². The van der Waals surface area contributed by atoms with Crippen molar-refractivity contribution in [2.75, 3.05) is 37.5 Å². The molecule has 4 aromatic rings. The zero-order chi connectivity index (χ0) is 25.9. The number of nitrogens with one attached hydrogen (secondary N) is 1. The molecule has 0 spiro atoms.